The molecule has 2 aliphatic heterocycles. The topological polar surface area (TPSA) is 98.1 Å². The Bertz CT molecular complexity index is 1210. The summed E-state index contributed by atoms with van der Waals surface area (Å²) in [5, 5.41) is 7.49. The molecule has 2 atom stereocenters. The van der Waals surface area contributed by atoms with E-state index in [-0.39, 0.29) is 18.4 Å². The molecule has 1 amide bonds. The number of sulfone groups is 1. The van der Waals surface area contributed by atoms with Crippen molar-refractivity contribution >= 4 is 27.3 Å². The molecule has 28 heavy (non-hydrogen) atoms. The fourth-order valence-corrected chi connectivity index (χ4v) is 6.77. The standard InChI is InChI=1S/C18H17N5O3S2/c1-10-17(20-21-27-10)18(24)23-8-14-13-5-11(12-6-19-22(2)7-12)3-4-15(13)28(25,26)16(14)9-23/h3-7,14,16H,8-9H2,1-2H3/t14-,16+/m1/s1. The Hall–Kier alpha value is -2.59. The molecular weight excluding hydrogens is 398 g/mol. The summed E-state index contributed by atoms with van der Waals surface area (Å²) in [6, 6.07) is 5.44. The highest BCUT2D eigenvalue weighted by atomic mass is 32.2. The summed E-state index contributed by atoms with van der Waals surface area (Å²) in [4.78, 5) is 15.5. The molecular formula is C18H17N5O3S2. The van der Waals surface area contributed by atoms with Crippen LogP contribution in [0, 0.1) is 6.92 Å². The molecule has 2 aromatic heterocycles. The van der Waals surface area contributed by atoms with Crippen LogP contribution in [0.25, 0.3) is 11.1 Å². The third-order valence-corrected chi connectivity index (χ3v) is 8.45. The number of aromatic nitrogens is 4. The Kier molecular flexibility index (Phi) is 3.72. The first-order valence-electron chi connectivity index (χ1n) is 8.81. The number of likely N-dealkylation sites (tertiary alicyclic amines) is 1. The third-order valence-electron chi connectivity index (χ3n) is 5.56. The summed E-state index contributed by atoms with van der Waals surface area (Å²) < 4.78 is 31.6. The minimum Gasteiger partial charge on any atom is -0.335 e. The van der Waals surface area contributed by atoms with Gasteiger partial charge in [-0.15, -0.1) is 5.10 Å². The van der Waals surface area contributed by atoms with E-state index >= 15 is 0 Å². The highest BCUT2D eigenvalue weighted by molar-refractivity contribution is 7.92. The molecule has 1 saturated heterocycles. The van der Waals surface area contributed by atoms with E-state index in [0.717, 1.165) is 21.6 Å². The zero-order valence-corrected chi connectivity index (χ0v) is 16.9. The van der Waals surface area contributed by atoms with Crippen LogP contribution >= 0.6 is 11.5 Å². The smallest absolute Gasteiger partial charge is 0.275 e. The van der Waals surface area contributed by atoms with Crippen molar-refractivity contribution in [1.29, 1.82) is 0 Å². The Morgan fingerprint density at radius 1 is 1.25 bits per heavy atom. The molecule has 0 N–H and O–H groups in total. The number of nitrogens with zero attached hydrogens (tertiary/aromatic N) is 5. The zero-order valence-electron chi connectivity index (χ0n) is 15.2. The Morgan fingerprint density at radius 2 is 2.07 bits per heavy atom. The molecule has 1 aromatic carbocycles. The van der Waals surface area contributed by atoms with Crippen molar-refractivity contribution in [3.05, 3.63) is 46.7 Å². The van der Waals surface area contributed by atoms with Gasteiger partial charge in [-0.1, -0.05) is 10.6 Å². The SMILES string of the molecule is Cc1snnc1C(=O)N1C[C@@H]2c3cc(-c4cnn(C)c4)ccc3S(=O)(=O)[C@H]2C1. The van der Waals surface area contributed by atoms with Crippen LogP contribution in [0.4, 0.5) is 0 Å². The predicted octanol–water partition coefficient (Wildman–Crippen LogP) is 1.64. The molecule has 0 aliphatic carbocycles. The second-order valence-corrected chi connectivity index (χ2v) is 10.3. The van der Waals surface area contributed by atoms with E-state index in [9.17, 15) is 13.2 Å². The Morgan fingerprint density at radius 3 is 2.75 bits per heavy atom. The predicted molar refractivity (Wildman–Crippen MR) is 103 cm³/mol. The number of benzene rings is 1. The van der Waals surface area contributed by atoms with Gasteiger partial charge in [-0.05, 0) is 41.7 Å². The van der Waals surface area contributed by atoms with Crippen LogP contribution in [0.5, 0.6) is 0 Å². The summed E-state index contributed by atoms with van der Waals surface area (Å²) in [5.74, 6) is -0.478. The molecule has 1 fully saturated rings. The van der Waals surface area contributed by atoms with Crippen LogP contribution in [-0.4, -0.2) is 56.9 Å². The van der Waals surface area contributed by atoms with Crippen LogP contribution in [0.1, 0.15) is 26.8 Å². The maximum Gasteiger partial charge on any atom is 0.275 e. The van der Waals surface area contributed by atoms with Crippen molar-refractivity contribution in [2.45, 2.75) is 23.0 Å². The molecule has 10 heteroatoms. The summed E-state index contributed by atoms with van der Waals surface area (Å²) >= 11 is 1.17. The molecule has 144 valence electrons. The lowest BCUT2D eigenvalue weighted by Crippen LogP contribution is -2.32. The van der Waals surface area contributed by atoms with Gasteiger partial charge in [0.05, 0.1) is 21.2 Å². The maximum absolute atomic E-state index is 13.1. The minimum absolute atomic E-state index is 0.180. The molecule has 4 heterocycles. The van der Waals surface area contributed by atoms with Gasteiger partial charge in [-0.2, -0.15) is 5.10 Å². The highest BCUT2D eigenvalue weighted by Gasteiger charge is 2.51. The number of fused-ring (bicyclic) bond motifs is 3. The van der Waals surface area contributed by atoms with Crippen LogP contribution < -0.4 is 0 Å². The Balaban J connectivity index is 1.52. The van der Waals surface area contributed by atoms with E-state index in [4.69, 9.17) is 0 Å². The van der Waals surface area contributed by atoms with Gasteiger partial charge < -0.3 is 4.90 Å². The Labute approximate surface area is 165 Å². The third kappa shape index (κ3) is 2.44. The van der Waals surface area contributed by atoms with Crippen LogP contribution in [0.15, 0.2) is 35.5 Å². The van der Waals surface area contributed by atoms with Crippen molar-refractivity contribution in [3.8, 4) is 11.1 Å². The molecule has 2 aliphatic rings. The number of hydrogen-bond acceptors (Lipinski definition) is 7. The average molecular weight is 416 g/mol. The molecule has 8 nitrogen and oxygen atoms in total. The first-order valence-corrected chi connectivity index (χ1v) is 11.1. The van der Waals surface area contributed by atoms with Crippen molar-refractivity contribution in [2.75, 3.05) is 13.1 Å². The maximum atomic E-state index is 13.1. The van der Waals surface area contributed by atoms with E-state index in [1.165, 1.54) is 11.5 Å². The molecule has 0 unspecified atom stereocenters. The average Bonchev–Trinajstić information content (AvgIpc) is 3.42. The molecule has 0 spiro atoms. The summed E-state index contributed by atoms with van der Waals surface area (Å²) in [6.45, 7) is 2.34. The lowest BCUT2D eigenvalue weighted by atomic mass is 9.95. The van der Waals surface area contributed by atoms with E-state index in [1.807, 2.05) is 25.4 Å². The van der Waals surface area contributed by atoms with Crippen molar-refractivity contribution in [2.24, 2.45) is 7.05 Å². The highest BCUT2D eigenvalue weighted by Crippen LogP contribution is 2.46. The number of carbonyl (C=O) groups is 1. The number of carbonyl (C=O) groups excluding carboxylic acids is 1. The quantitative estimate of drug-likeness (QED) is 0.631. The molecule has 0 saturated carbocycles. The number of hydrogen-bond donors (Lipinski definition) is 0. The molecule has 0 bridgehead atoms. The van der Waals surface area contributed by atoms with E-state index in [2.05, 4.69) is 14.7 Å². The van der Waals surface area contributed by atoms with Crippen LogP contribution in [0.3, 0.4) is 0 Å². The van der Waals surface area contributed by atoms with Crippen LogP contribution in [0.2, 0.25) is 0 Å². The lowest BCUT2D eigenvalue weighted by molar-refractivity contribution is 0.0784. The second kappa shape index (κ2) is 5.95. The van der Waals surface area contributed by atoms with Gasteiger partial charge in [0.2, 0.25) is 0 Å². The minimum atomic E-state index is -3.47. The number of amides is 1. The van der Waals surface area contributed by atoms with Gasteiger partial charge >= 0.3 is 0 Å². The number of aryl methyl sites for hydroxylation is 2. The van der Waals surface area contributed by atoms with Gasteiger partial charge in [0.1, 0.15) is 0 Å². The first kappa shape index (κ1) is 17.5. The van der Waals surface area contributed by atoms with Crippen molar-refractivity contribution in [3.63, 3.8) is 0 Å². The fourth-order valence-electron chi connectivity index (χ4n) is 4.14. The van der Waals surface area contributed by atoms with E-state index in [0.29, 0.717) is 17.1 Å². The van der Waals surface area contributed by atoms with Crippen LogP contribution in [-0.2, 0) is 16.9 Å². The van der Waals surface area contributed by atoms with E-state index in [1.54, 1.807) is 28.8 Å². The monoisotopic (exact) mass is 415 g/mol. The largest absolute Gasteiger partial charge is 0.335 e. The van der Waals surface area contributed by atoms with E-state index < -0.39 is 15.1 Å². The number of rotatable bonds is 2. The summed E-state index contributed by atoms with van der Waals surface area (Å²) in [7, 11) is -1.63. The van der Waals surface area contributed by atoms with Crippen molar-refractivity contribution in [1.82, 2.24) is 24.3 Å². The lowest BCUT2D eigenvalue weighted by Gasteiger charge is -2.17. The molecule has 0 radical (unpaired) electrons. The summed E-state index contributed by atoms with van der Waals surface area (Å²) in [5.41, 5.74) is 2.95. The van der Waals surface area contributed by atoms with Crippen molar-refractivity contribution < 1.29 is 13.2 Å². The van der Waals surface area contributed by atoms with Gasteiger partial charge in [0.15, 0.2) is 15.5 Å². The van der Waals surface area contributed by atoms with Gasteiger partial charge in [-0.25, -0.2) is 8.42 Å². The van der Waals surface area contributed by atoms with Gasteiger partial charge in [-0.3, -0.25) is 9.48 Å². The zero-order chi connectivity index (χ0) is 19.6. The van der Waals surface area contributed by atoms with Gasteiger partial charge in [0.25, 0.3) is 5.91 Å². The molecule has 5 rings (SSSR count). The fraction of sp³-hybridized carbons (Fsp3) is 0.333. The van der Waals surface area contributed by atoms with Gasteiger partial charge in [0, 0.05) is 37.8 Å². The second-order valence-electron chi connectivity index (χ2n) is 7.23. The first-order chi connectivity index (χ1) is 13.4. The molecule has 3 aromatic rings. The normalized spacial score (nSPS) is 22.3. The summed E-state index contributed by atoms with van der Waals surface area (Å²) in [6.07, 6.45) is 3.65.